The highest BCUT2D eigenvalue weighted by Crippen LogP contribution is 2.32. The van der Waals surface area contributed by atoms with Gasteiger partial charge in [-0.3, -0.25) is 4.79 Å². The lowest BCUT2D eigenvalue weighted by molar-refractivity contribution is -0.274. The number of carbonyl (C=O) groups is 1. The number of carbonyl (C=O) groups excluding carboxylic acids is 1. The Hall–Kier alpha value is -1.15. The molecule has 0 aliphatic rings. The van der Waals surface area contributed by atoms with Gasteiger partial charge in [-0.15, -0.1) is 25.6 Å². The van der Waals surface area contributed by atoms with E-state index in [1.54, 1.807) is 6.92 Å². The average Bonchev–Trinajstić information content (AvgIpc) is 2.30. The predicted octanol–water partition coefficient (Wildman–Crippen LogP) is 3.85. The Balaban J connectivity index is 0.00000400. The number of ether oxygens (including phenoxy) is 2. The molecule has 0 amide bonds. The summed E-state index contributed by atoms with van der Waals surface area (Å²) in [4.78, 5) is 11.2. The molecule has 120 valence electrons. The molecule has 0 unspecified atom stereocenters. The van der Waals surface area contributed by atoms with Crippen molar-refractivity contribution < 1.29 is 27.4 Å². The third-order valence-corrected chi connectivity index (χ3v) is 2.98. The van der Waals surface area contributed by atoms with Crippen molar-refractivity contribution in [3.8, 4) is 5.75 Å². The minimum Gasteiger partial charge on any atom is -0.466 e. The van der Waals surface area contributed by atoms with E-state index in [1.165, 1.54) is 0 Å². The van der Waals surface area contributed by atoms with Gasteiger partial charge in [0.2, 0.25) is 0 Å². The molecule has 21 heavy (non-hydrogen) atoms. The zero-order chi connectivity index (χ0) is 15.3. The molecule has 0 aromatic heterocycles. The van der Waals surface area contributed by atoms with Crippen LogP contribution in [-0.4, -0.2) is 18.9 Å². The first-order chi connectivity index (χ1) is 9.23. The van der Waals surface area contributed by atoms with Gasteiger partial charge in [0.05, 0.1) is 6.61 Å². The van der Waals surface area contributed by atoms with Gasteiger partial charge in [0, 0.05) is 16.6 Å². The monoisotopic (exact) mass is 391 g/mol. The summed E-state index contributed by atoms with van der Waals surface area (Å²) >= 11 is 3.05. The van der Waals surface area contributed by atoms with Gasteiger partial charge in [0.15, 0.2) is 0 Å². The molecule has 0 spiro atoms. The molecular weight excluding hydrogens is 378 g/mol. The minimum absolute atomic E-state index is 0. The van der Waals surface area contributed by atoms with Gasteiger partial charge in [0.1, 0.15) is 5.75 Å². The zero-order valence-electron chi connectivity index (χ0n) is 11.0. The lowest BCUT2D eigenvalue weighted by atomic mass is 10.1. The third-order valence-electron chi connectivity index (χ3n) is 2.33. The number of rotatable bonds is 5. The molecule has 0 heterocycles. The Morgan fingerprint density at radius 2 is 2.00 bits per heavy atom. The van der Waals surface area contributed by atoms with Gasteiger partial charge < -0.3 is 15.2 Å². The van der Waals surface area contributed by atoms with Crippen LogP contribution in [0.2, 0.25) is 0 Å². The second kappa shape index (κ2) is 8.33. The normalized spacial score (nSPS) is 10.7. The number of anilines is 1. The van der Waals surface area contributed by atoms with Crippen molar-refractivity contribution in [2.75, 3.05) is 12.3 Å². The molecule has 1 aromatic rings. The maximum Gasteiger partial charge on any atom is 0.573 e. The number of benzene rings is 1. The number of halogens is 5. The minimum atomic E-state index is -4.78. The van der Waals surface area contributed by atoms with E-state index in [0.29, 0.717) is 5.56 Å². The van der Waals surface area contributed by atoms with Crippen LogP contribution >= 0.6 is 28.3 Å². The summed E-state index contributed by atoms with van der Waals surface area (Å²) in [6.45, 7) is 1.91. The van der Waals surface area contributed by atoms with E-state index in [-0.39, 0.29) is 42.0 Å². The number of nitrogen functional groups attached to an aromatic ring is 1. The molecule has 2 N–H and O–H groups in total. The second-order valence-corrected chi connectivity index (χ2v) is 4.69. The van der Waals surface area contributed by atoms with Crippen LogP contribution in [0, 0.1) is 0 Å². The van der Waals surface area contributed by atoms with Crippen molar-refractivity contribution in [3.63, 3.8) is 0 Å². The smallest absolute Gasteiger partial charge is 0.466 e. The highest BCUT2D eigenvalue weighted by Gasteiger charge is 2.31. The highest BCUT2D eigenvalue weighted by molar-refractivity contribution is 9.10. The molecule has 0 atom stereocenters. The number of hydrogen-bond acceptors (Lipinski definition) is 4. The summed E-state index contributed by atoms with van der Waals surface area (Å²) in [5, 5.41) is 0. The molecule has 0 radical (unpaired) electrons. The second-order valence-electron chi connectivity index (χ2n) is 3.83. The molecule has 0 aliphatic carbocycles. The summed E-state index contributed by atoms with van der Waals surface area (Å²) in [6, 6.07) is 2.28. The third kappa shape index (κ3) is 6.90. The van der Waals surface area contributed by atoms with Crippen molar-refractivity contribution in [2.45, 2.75) is 26.1 Å². The first-order valence-electron chi connectivity index (χ1n) is 5.72. The Bertz CT molecular complexity index is 497. The van der Waals surface area contributed by atoms with Crippen LogP contribution in [0.5, 0.6) is 5.75 Å². The Morgan fingerprint density at radius 1 is 1.38 bits per heavy atom. The van der Waals surface area contributed by atoms with E-state index in [2.05, 4.69) is 20.7 Å². The van der Waals surface area contributed by atoms with Crippen molar-refractivity contribution in [3.05, 3.63) is 22.2 Å². The standard InChI is InChI=1S/C12H13BrF3NO3.ClH/c1-2-19-10(18)4-3-7-5-8(20-12(14,15)16)6-9(13)11(7)17;/h5-6H,2-4,17H2,1H3;1H. The Morgan fingerprint density at radius 3 is 2.52 bits per heavy atom. The molecule has 1 rings (SSSR count). The van der Waals surface area contributed by atoms with Crippen molar-refractivity contribution >= 4 is 40.0 Å². The largest absolute Gasteiger partial charge is 0.573 e. The fraction of sp³-hybridized carbons (Fsp3) is 0.417. The first-order valence-corrected chi connectivity index (χ1v) is 6.51. The summed E-state index contributed by atoms with van der Waals surface area (Å²) in [7, 11) is 0. The number of hydrogen-bond donors (Lipinski definition) is 1. The van der Waals surface area contributed by atoms with Crippen molar-refractivity contribution in [2.24, 2.45) is 0 Å². The van der Waals surface area contributed by atoms with Crippen molar-refractivity contribution in [1.82, 2.24) is 0 Å². The van der Waals surface area contributed by atoms with Gasteiger partial charge in [-0.2, -0.15) is 0 Å². The summed E-state index contributed by atoms with van der Waals surface area (Å²) in [5.41, 5.74) is 6.39. The topological polar surface area (TPSA) is 61.5 Å². The number of alkyl halides is 3. The van der Waals surface area contributed by atoms with Crippen molar-refractivity contribution in [1.29, 1.82) is 0 Å². The Kier molecular flexibility index (Phi) is 7.87. The van der Waals surface area contributed by atoms with Gasteiger partial charge in [-0.1, -0.05) is 0 Å². The fourth-order valence-corrected chi connectivity index (χ4v) is 2.00. The Labute approximate surface area is 134 Å². The van der Waals surface area contributed by atoms with E-state index < -0.39 is 18.1 Å². The van der Waals surface area contributed by atoms with E-state index in [9.17, 15) is 18.0 Å². The van der Waals surface area contributed by atoms with E-state index in [4.69, 9.17) is 10.5 Å². The van der Waals surface area contributed by atoms with Crippen LogP contribution < -0.4 is 10.5 Å². The maximum absolute atomic E-state index is 12.2. The van der Waals surface area contributed by atoms with Crippen LogP contribution in [0.25, 0.3) is 0 Å². The average molecular weight is 393 g/mol. The summed E-state index contributed by atoms with van der Waals surface area (Å²) < 4.78 is 45.4. The highest BCUT2D eigenvalue weighted by atomic mass is 79.9. The number of aryl methyl sites for hydroxylation is 1. The van der Waals surface area contributed by atoms with Crippen LogP contribution in [0.3, 0.4) is 0 Å². The van der Waals surface area contributed by atoms with Crippen LogP contribution in [0.4, 0.5) is 18.9 Å². The number of nitrogens with two attached hydrogens (primary N) is 1. The lowest BCUT2D eigenvalue weighted by Gasteiger charge is -2.13. The quantitative estimate of drug-likeness (QED) is 0.611. The SMILES string of the molecule is CCOC(=O)CCc1cc(OC(F)(F)F)cc(Br)c1N.Cl. The van der Waals surface area contributed by atoms with Gasteiger partial charge >= 0.3 is 12.3 Å². The zero-order valence-corrected chi connectivity index (χ0v) is 13.4. The van der Waals surface area contributed by atoms with Gasteiger partial charge in [0.25, 0.3) is 0 Å². The predicted molar refractivity (Wildman–Crippen MR) is 77.4 cm³/mol. The summed E-state index contributed by atoms with van der Waals surface area (Å²) in [5.74, 6) is -0.831. The molecule has 0 aliphatic heterocycles. The fourth-order valence-electron chi connectivity index (χ4n) is 1.52. The molecular formula is C12H14BrClF3NO3. The first kappa shape index (κ1) is 19.9. The number of esters is 1. The van der Waals surface area contributed by atoms with E-state index in [1.807, 2.05) is 0 Å². The van der Waals surface area contributed by atoms with Gasteiger partial charge in [-0.25, -0.2) is 0 Å². The summed E-state index contributed by atoms with van der Waals surface area (Å²) in [6.07, 6.45) is -4.59. The van der Waals surface area contributed by atoms with Crippen LogP contribution in [0.15, 0.2) is 16.6 Å². The molecule has 9 heteroatoms. The molecule has 4 nitrogen and oxygen atoms in total. The molecule has 0 saturated carbocycles. The van der Waals surface area contributed by atoms with E-state index in [0.717, 1.165) is 12.1 Å². The molecule has 1 aromatic carbocycles. The molecule has 0 bridgehead atoms. The molecule has 0 saturated heterocycles. The lowest BCUT2D eigenvalue weighted by Crippen LogP contribution is -2.17. The molecule has 0 fully saturated rings. The van der Waals surface area contributed by atoms with E-state index >= 15 is 0 Å². The maximum atomic E-state index is 12.2. The van der Waals surface area contributed by atoms with Crippen LogP contribution in [0.1, 0.15) is 18.9 Å². The van der Waals surface area contributed by atoms with Crippen LogP contribution in [-0.2, 0) is 16.0 Å². The van der Waals surface area contributed by atoms with Gasteiger partial charge in [-0.05, 0) is 47.0 Å².